The molecule has 3 aromatic rings. The molecule has 1 saturated heterocycles. The SMILES string of the molecule is O=C(Nc1nc2ccccc2s1)c1ccnc(O[C@@H]2CCSC2)c1. The number of aromatic nitrogens is 2. The molecule has 1 aliphatic rings. The van der Waals surface area contributed by atoms with Gasteiger partial charge in [-0.25, -0.2) is 9.97 Å². The van der Waals surface area contributed by atoms with E-state index in [0.29, 0.717) is 16.6 Å². The van der Waals surface area contributed by atoms with E-state index in [4.69, 9.17) is 4.74 Å². The van der Waals surface area contributed by atoms with Crippen molar-refractivity contribution in [3.8, 4) is 5.88 Å². The topological polar surface area (TPSA) is 64.1 Å². The van der Waals surface area contributed by atoms with Crippen LogP contribution in [0.25, 0.3) is 10.2 Å². The molecular formula is C17H15N3O2S2. The molecule has 1 amide bonds. The van der Waals surface area contributed by atoms with Gasteiger partial charge >= 0.3 is 0 Å². The van der Waals surface area contributed by atoms with Gasteiger partial charge in [-0.1, -0.05) is 23.5 Å². The van der Waals surface area contributed by atoms with Crippen LogP contribution in [-0.4, -0.2) is 33.5 Å². The van der Waals surface area contributed by atoms with Gasteiger partial charge in [0.15, 0.2) is 5.13 Å². The molecule has 24 heavy (non-hydrogen) atoms. The lowest BCUT2D eigenvalue weighted by Gasteiger charge is -2.11. The molecule has 3 heterocycles. The number of fused-ring (bicyclic) bond motifs is 1. The number of ether oxygens (including phenoxy) is 1. The Bertz CT molecular complexity index is 842. The van der Waals surface area contributed by atoms with Gasteiger partial charge in [0.25, 0.3) is 5.91 Å². The number of para-hydroxylation sites is 1. The molecule has 0 bridgehead atoms. The van der Waals surface area contributed by atoms with Crippen molar-refractivity contribution in [2.45, 2.75) is 12.5 Å². The number of thioether (sulfide) groups is 1. The summed E-state index contributed by atoms with van der Waals surface area (Å²) in [5.74, 6) is 2.38. The number of pyridine rings is 1. The van der Waals surface area contributed by atoms with Gasteiger partial charge in [0.05, 0.1) is 10.2 Å². The number of nitrogens with one attached hydrogen (secondary N) is 1. The van der Waals surface area contributed by atoms with Gasteiger partial charge in [0, 0.05) is 23.6 Å². The average Bonchev–Trinajstić information content (AvgIpc) is 3.24. The molecule has 2 aromatic heterocycles. The first kappa shape index (κ1) is 15.4. The highest BCUT2D eigenvalue weighted by Crippen LogP contribution is 2.26. The first-order valence-corrected chi connectivity index (χ1v) is 9.62. The van der Waals surface area contributed by atoms with Gasteiger partial charge < -0.3 is 4.74 Å². The van der Waals surface area contributed by atoms with E-state index in [9.17, 15) is 4.79 Å². The zero-order valence-corrected chi connectivity index (χ0v) is 14.4. The number of thiazole rings is 1. The molecule has 122 valence electrons. The van der Waals surface area contributed by atoms with Crippen LogP contribution in [0.1, 0.15) is 16.8 Å². The first-order chi connectivity index (χ1) is 11.8. The van der Waals surface area contributed by atoms with Crippen LogP contribution in [0.15, 0.2) is 42.6 Å². The average molecular weight is 357 g/mol. The second-order valence-corrected chi connectivity index (χ2v) is 7.61. The lowest BCUT2D eigenvalue weighted by molar-refractivity contribution is 0.102. The van der Waals surface area contributed by atoms with Crippen molar-refractivity contribution in [1.82, 2.24) is 9.97 Å². The van der Waals surface area contributed by atoms with Crippen molar-refractivity contribution in [3.05, 3.63) is 48.2 Å². The maximum Gasteiger partial charge on any atom is 0.257 e. The molecule has 5 nitrogen and oxygen atoms in total. The summed E-state index contributed by atoms with van der Waals surface area (Å²) in [5.41, 5.74) is 1.40. The smallest absolute Gasteiger partial charge is 0.257 e. The quantitative estimate of drug-likeness (QED) is 0.769. The summed E-state index contributed by atoms with van der Waals surface area (Å²) in [4.78, 5) is 21.1. The molecule has 7 heteroatoms. The van der Waals surface area contributed by atoms with Crippen molar-refractivity contribution in [2.75, 3.05) is 16.8 Å². The molecule has 1 N–H and O–H groups in total. The Morgan fingerprint density at radius 3 is 3.04 bits per heavy atom. The maximum absolute atomic E-state index is 12.4. The molecule has 0 radical (unpaired) electrons. The predicted octanol–water partition coefficient (Wildman–Crippen LogP) is 3.83. The summed E-state index contributed by atoms with van der Waals surface area (Å²) >= 11 is 3.33. The highest BCUT2D eigenvalue weighted by atomic mass is 32.2. The molecule has 1 atom stereocenters. The van der Waals surface area contributed by atoms with E-state index >= 15 is 0 Å². The third kappa shape index (κ3) is 3.37. The molecule has 0 aliphatic carbocycles. The molecule has 1 aromatic carbocycles. The molecule has 0 spiro atoms. The number of anilines is 1. The van der Waals surface area contributed by atoms with E-state index < -0.39 is 0 Å². The van der Waals surface area contributed by atoms with E-state index in [1.165, 1.54) is 11.3 Å². The fourth-order valence-electron chi connectivity index (χ4n) is 2.49. The van der Waals surface area contributed by atoms with Crippen LogP contribution in [0.3, 0.4) is 0 Å². The van der Waals surface area contributed by atoms with Crippen LogP contribution in [0.4, 0.5) is 5.13 Å². The van der Waals surface area contributed by atoms with E-state index in [-0.39, 0.29) is 12.0 Å². The molecule has 4 rings (SSSR count). The van der Waals surface area contributed by atoms with Crippen molar-refractivity contribution in [1.29, 1.82) is 0 Å². The van der Waals surface area contributed by atoms with Gasteiger partial charge in [-0.05, 0) is 30.4 Å². The van der Waals surface area contributed by atoms with E-state index in [1.807, 2.05) is 36.0 Å². The highest BCUT2D eigenvalue weighted by molar-refractivity contribution is 7.99. The summed E-state index contributed by atoms with van der Waals surface area (Å²) < 4.78 is 6.89. The Balaban J connectivity index is 1.49. The number of nitrogens with zero attached hydrogens (tertiary/aromatic N) is 2. The summed E-state index contributed by atoms with van der Waals surface area (Å²) in [6.07, 6.45) is 2.81. The van der Waals surface area contributed by atoms with E-state index in [1.54, 1.807) is 18.3 Å². The molecule has 1 fully saturated rings. The predicted molar refractivity (Wildman–Crippen MR) is 98.2 cm³/mol. The van der Waals surface area contributed by atoms with Crippen LogP contribution in [-0.2, 0) is 0 Å². The van der Waals surface area contributed by atoms with Crippen LogP contribution in [0.5, 0.6) is 5.88 Å². The third-order valence-electron chi connectivity index (χ3n) is 3.69. The standard InChI is InChI=1S/C17H15N3O2S2/c21-16(20-17-19-13-3-1-2-4-14(13)24-17)11-5-7-18-15(9-11)22-12-6-8-23-10-12/h1-5,7,9,12H,6,8,10H2,(H,19,20,21)/t12-/m1/s1. The minimum atomic E-state index is -0.206. The highest BCUT2D eigenvalue weighted by Gasteiger charge is 2.18. The van der Waals surface area contributed by atoms with Crippen molar-refractivity contribution >= 4 is 44.4 Å². The number of hydrogen-bond donors (Lipinski definition) is 1. The largest absolute Gasteiger partial charge is 0.473 e. The Hall–Kier alpha value is -2.12. The van der Waals surface area contributed by atoms with E-state index in [2.05, 4.69) is 15.3 Å². The fourth-order valence-corrected chi connectivity index (χ4v) is 4.44. The van der Waals surface area contributed by atoms with Crippen LogP contribution >= 0.6 is 23.1 Å². The Morgan fingerprint density at radius 2 is 2.21 bits per heavy atom. The minimum Gasteiger partial charge on any atom is -0.473 e. The van der Waals surface area contributed by atoms with Crippen molar-refractivity contribution < 1.29 is 9.53 Å². The first-order valence-electron chi connectivity index (χ1n) is 7.65. The monoisotopic (exact) mass is 357 g/mol. The lowest BCUT2D eigenvalue weighted by Crippen LogP contribution is -2.17. The maximum atomic E-state index is 12.4. The summed E-state index contributed by atoms with van der Waals surface area (Å²) in [7, 11) is 0. The zero-order valence-electron chi connectivity index (χ0n) is 12.8. The third-order valence-corrected chi connectivity index (χ3v) is 5.77. The Morgan fingerprint density at radius 1 is 1.29 bits per heavy atom. The molecule has 0 saturated carbocycles. The molecular weight excluding hydrogens is 342 g/mol. The number of rotatable bonds is 4. The number of carbonyl (C=O) groups excluding carboxylic acids is 1. The van der Waals surface area contributed by atoms with E-state index in [0.717, 1.165) is 28.1 Å². The molecule has 0 unspecified atom stereocenters. The number of hydrogen-bond acceptors (Lipinski definition) is 6. The summed E-state index contributed by atoms with van der Waals surface area (Å²) in [6.45, 7) is 0. The van der Waals surface area contributed by atoms with Crippen LogP contribution < -0.4 is 10.1 Å². The molecule has 1 aliphatic heterocycles. The van der Waals surface area contributed by atoms with Crippen molar-refractivity contribution in [2.24, 2.45) is 0 Å². The van der Waals surface area contributed by atoms with Gasteiger partial charge in [0.1, 0.15) is 6.10 Å². The fraction of sp³-hybridized carbons (Fsp3) is 0.235. The second kappa shape index (κ2) is 6.78. The second-order valence-electron chi connectivity index (χ2n) is 5.43. The Labute approximate surface area is 147 Å². The van der Waals surface area contributed by atoms with Gasteiger partial charge in [0.2, 0.25) is 5.88 Å². The van der Waals surface area contributed by atoms with Gasteiger partial charge in [-0.3, -0.25) is 10.1 Å². The lowest BCUT2D eigenvalue weighted by atomic mass is 10.2. The van der Waals surface area contributed by atoms with Crippen molar-refractivity contribution in [3.63, 3.8) is 0 Å². The summed E-state index contributed by atoms with van der Waals surface area (Å²) in [5, 5.41) is 3.44. The van der Waals surface area contributed by atoms with Gasteiger partial charge in [-0.2, -0.15) is 11.8 Å². The number of amides is 1. The van der Waals surface area contributed by atoms with Crippen LogP contribution in [0, 0.1) is 0 Å². The summed E-state index contributed by atoms with van der Waals surface area (Å²) in [6, 6.07) is 11.2. The van der Waals surface area contributed by atoms with Gasteiger partial charge in [-0.15, -0.1) is 0 Å². The minimum absolute atomic E-state index is 0.185. The van der Waals surface area contributed by atoms with Crippen LogP contribution in [0.2, 0.25) is 0 Å². The normalized spacial score (nSPS) is 17.1. The number of benzene rings is 1. The number of carbonyl (C=O) groups is 1. The Kier molecular flexibility index (Phi) is 4.36. The zero-order chi connectivity index (χ0) is 16.4.